The Kier molecular flexibility index (Phi) is 5.32. The molecule has 18 heavy (non-hydrogen) atoms. The van der Waals surface area contributed by atoms with Crippen molar-refractivity contribution in [2.24, 2.45) is 0 Å². The third-order valence-corrected chi connectivity index (χ3v) is 2.41. The quantitative estimate of drug-likeness (QED) is 0.789. The normalized spacial score (nSPS) is 11.9. The van der Waals surface area contributed by atoms with Crippen LogP contribution in [0.25, 0.3) is 0 Å². The number of hydrogen-bond acceptors (Lipinski definition) is 3. The fourth-order valence-electron chi connectivity index (χ4n) is 1.54. The molecule has 0 unspecified atom stereocenters. The average molecular weight is 251 g/mol. The van der Waals surface area contributed by atoms with Gasteiger partial charge in [0.25, 0.3) is 0 Å². The van der Waals surface area contributed by atoms with Crippen LogP contribution in [0, 0.1) is 0 Å². The summed E-state index contributed by atoms with van der Waals surface area (Å²) in [7, 11) is 1.61. The van der Waals surface area contributed by atoms with Gasteiger partial charge in [-0.25, -0.2) is 0 Å². The summed E-state index contributed by atoms with van der Waals surface area (Å²) in [5.74, 6) is -1.35. The van der Waals surface area contributed by atoms with Crippen LogP contribution in [-0.4, -0.2) is 30.1 Å². The highest BCUT2D eigenvalue weighted by atomic mass is 16.5. The Balaban J connectivity index is 2.58. The van der Waals surface area contributed by atoms with Crippen molar-refractivity contribution in [3.8, 4) is 0 Å². The van der Waals surface area contributed by atoms with Crippen LogP contribution >= 0.6 is 0 Å². The first-order chi connectivity index (χ1) is 8.52. The summed E-state index contributed by atoms with van der Waals surface area (Å²) in [6.07, 6.45) is 0.162. The molecule has 98 valence electrons. The van der Waals surface area contributed by atoms with Gasteiger partial charge in [-0.1, -0.05) is 24.3 Å². The number of amides is 1. The van der Waals surface area contributed by atoms with E-state index in [1.807, 2.05) is 24.3 Å². The van der Waals surface area contributed by atoms with Crippen molar-refractivity contribution in [3.05, 3.63) is 35.4 Å². The minimum Gasteiger partial charge on any atom is -0.480 e. The fourth-order valence-corrected chi connectivity index (χ4v) is 1.54. The summed E-state index contributed by atoms with van der Waals surface area (Å²) in [5, 5.41) is 11.1. The van der Waals surface area contributed by atoms with Gasteiger partial charge in [0.2, 0.25) is 5.91 Å². The molecule has 5 heteroatoms. The number of methoxy groups -OCH3 is 1. The lowest BCUT2D eigenvalue weighted by Crippen LogP contribution is -2.39. The van der Waals surface area contributed by atoms with Gasteiger partial charge in [-0.2, -0.15) is 0 Å². The van der Waals surface area contributed by atoms with Crippen molar-refractivity contribution in [3.63, 3.8) is 0 Å². The molecule has 5 nitrogen and oxygen atoms in total. The van der Waals surface area contributed by atoms with Crippen molar-refractivity contribution >= 4 is 11.9 Å². The van der Waals surface area contributed by atoms with E-state index in [0.29, 0.717) is 6.61 Å². The van der Waals surface area contributed by atoms with Crippen molar-refractivity contribution in [2.45, 2.75) is 26.0 Å². The Morgan fingerprint density at radius 2 is 2.06 bits per heavy atom. The highest BCUT2D eigenvalue weighted by molar-refractivity contribution is 5.84. The van der Waals surface area contributed by atoms with Crippen molar-refractivity contribution in [1.82, 2.24) is 5.32 Å². The highest BCUT2D eigenvalue weighted by Crippen LogP contribution is 2.07. The number of carboxylic acids is 1. The maximum absolute atomic E-state index is 11.6. The summed E-state index contributed by atoms with van der Waals surface area (Å²) in [4.78, 5) is 22.2. The first kappa shape index (κ1) is 14.2. The minimum absolute atomic E-state index is 0.162. The van der Waals surface area contributed by atoms with Crippen LogP contribution in [0.5, 0.6) is 0 Å². The van der Waals surface area contributed by atoms with Crippen molar-refractivity contribution < 1.29 is 19.4 Å². The van der Waals surface area contributed by atoms with Crippen LogP contribution < -0.4 is 5.32 Å². The molecule has 0 aliphatic carbocycles. The molecule has 2 N–H and O–H groups in total. The molecule has 1 atom stereocenters. The van der Waals surface area contributed by atoms with Crippen molar-refractivity contribution in [2.75, 3.05) is 7.11 Å². The molecule has 0 fully saturated rings. The standard InChI is InChI=1S/C13H17NO4/c1-9(13(16)17)14-12(15)7-10-4-3-5-11(6-10)8-18-2/h3-6,9H,7-8H2,1-2H3,(H,14,15)(H,16,17)/t9-/m0/s1. The molecule has 1 amide bonds. The van der Waals surface area contributed by atoms with Crippen LogP contribution in [0.4, 0.5) is 0 Å². The molecule has 1 aromatic carbocycles. The molecule has 0 aliphatic heterocycles. The Hall–Kier alpha value is -1.88. The van der Waals surface area contributed by atoms with E-state index in [4.69, 9.17) is 9.84 Å². The second kappa shape index (κ2) is 6.76. The van der Waals surface area contributed by atoms with Gasteiger partial charge in [0.1, 0.15) is 6.04 Å². The zero-order valence-electron chi connectivity index (χ0n) is 10.5. The van der Waals surface area contributed by atoms with Crippen LogP contribution in [0.3, 0.4) is 0 Å². The van der Waals surface area contributed by atoms with Gasteiger partial charge in [0.15, 0.2) is 0 Å². The maximum Gasteiger partial charge on any atom is 0.325 e. The first-order valence-corrected chi connectivity index (χ1v) is 5.62. The molecule has 0 aromatic heterocycles. The van der Waals surface area contributed by atoms with E-state index in [9.17, 15) is 9.59 Å². The van der Waals surface area contributed by atoms with Crippen LogP contribution in [-0.2, 0) is 27.4 Å². The molecule has 1 rings (SSSR count). The van der Waals surface area contributed by atoms with E-state index in [0.717, 1.165) is 11.1 Å². The van der Waals surface area contributed by atoms with E-state index in [1.54, 1.807) is 7.11 Å². The summed E-state index contributed by atoms with van der Waals surface area (Å²) in [6.45, 7) is 1.92. The van der Waals surface area contributed by atoms with E-state index in [-0.39, 0.29) is 12.3 Å². The number of benzene rings is 1. The summed E-state index contributed by atoms with van der Waals surface area (Å²) in [6, 6.07) is 6.57. The number of aliphatic carboxylic acids is 1. The monoisotopic (exact) mass is 251 g/mol. The van der Waals surface area contributed by atoms with E-state index in [1.165, 1.54) is 6.92 Å². The summed E-state index contributed by atoms with van der Waals surface area (Å²) < 4.78 is 5.01. The minimum atomic E-state index is -1.04. The molecule has 0 spiro atoms. The second-order valence-corrected chi connectivity index (χ2v) is 4.06. The molecule has 0 heterocycles. The molecule has 0 saturated carbocycles. The van der Waals surface area contributed by atoms with Gasteiger partial charge >= 0.3 is 5.97 Å². The lowest BCUT2D eigenvalue weighted by molar-refractivity contribution is -0.141. The van der Waals surface area contributed by atoms with Gasteiger partial charge in [-0.05, 0) is 18.1 Å². The Morgan fingerprint density at radius 1 is 1.39 bits per heavy atom. The Labute approximate surface area is 106 Å². The van der Waals surface area contributed by atoms with E-state index < -0.39 is 12.0 Å². The number of carbonyl (C=O) groups is 2. The Bertz CT molecular complexity index is 431. The number of hydrogen-bond donors (Lipinski definition) is 2. The molecule has 1 aromatic rings. The predicted molar refractivity (Wildman–Crippen MR) is 66.1 cm³/mol. The predicted octanol–water partition coefficient (Wildman–Crippen LogP) is 0.965. The Morgan fingerprint density at radius 3 is 2.67 bits per heavy atom. The van der Waals surface area contributed by atoms with Gasteiger partial charge in [-0.3, -0.25) is 9.59 Å². The van der Waals surface area contributed by atoms with Crippen LogP contribution in [0.2, 0.25) is 0 Å². The molecule has 0 saturated heterocycles. The fraction of sp³-hybridized carbons (Fsp3) is 0.385. The van der Waals surface area contributed by atoms with Gasteiger partial charge in [0, 0.05) is 7.11 Å². The third kappa shape index (κ3) is 4.55. The zero-order valence-corrected chi connectivity index (χ0v) is 10.5. The maximum atomic E-state index is 11.6. The van der Waals surface area contributed by atoms with Crippen LogP contribution in [0.15, 0.2) is 24.3 Å². The topological polar surface area (TPSA) is 75.6 Å². The molecular weight excluding hydrogens is 234 g/mol. The zero-order chi connectivity index (χ0) is 13.5. The molecular formula is C13H17NO4. The largest absolute Gasteiger partial charge is 0.480 e. The molecule has 0 bridgehead atoms. The van der Waals surface area contributed by atoms with Gasteiger partial charge in [0.05, 0.1) is 13.0 Å². The highest BCUT2D eigenvalue weighted by Gasteiger charge is 2.13. The summed E-state index contributed by atoms with van der Waals surface area (Å²) >= 11 is 0. The van der Waals surface area contributed by atoms with E-state index in [2.05, 4.69) is 5.32 Å². The number of nitrogens with one attached hydrogen (secondary N) is 1. The number of carbonyl (C=O) groups excluding carboxylic acids is 1. The number of rotatable bonds is 6. The second-order valence-electron chi connectivity index (χ2n) is 4.06. The smallest absolute Gasteiger partial charge is 0.325 e. The van der Waals surface area contributed by atoms with Crippen molar-refractivity contribution in [1.29, 1.82) is 0 Å². The number of ether oxygens (including phenoxy) is 1. The first-order valence-electron chi connectivity index (χ1n) is 5.62. The van der Waals surface area contributed by atoms with E-state index >= 15 is 0 Å². The average Bonchev–Trinajstić information content (AvgIpc) is 2.29. The van der Waals surface area contributed by atoms with Gasteiger partial charge < -0.3 is 15.2 Å². The lowest BCUT2D eigenvalue weighted by Gasteiger charge is -2.09. The summed E-state index contributed by atoms with van der Waals surface area (Å²) in [5.41, 5.74) is 1.81. The van der Waals surface area contributed by atoms with Crippen LogP contribution in [0.1, 0.15) is 18.1 Å². The SMILES string of the molecule is COCc1cccc(CC(=O)N[C@@H](C)C(=O)O)c1. The van der Waals surface area contributed by atoms with Gasteiger partial charge in [-0.15, -0.1) is 0 Å². The lowest BCUT2D eigenvalue weighted by atomic mass is 10.1. The molecule has 0 aliphatic rings. The number of carboxylic acid groups (broad SMARTS) is 1. The molecule has 0 radical (unpaired) electrons. The third-order valence-electron chi connectivity index (χ3n) is 2.41.